The minimum absolute atomic E-state index is 0.00553. The number of aromatic nitrogens is 2. The van der Waals surface area contributed by atoms with Gasteiger partial charge in [-0.3, -0.25) is 9.59 Å². The van der Waals surface area contributed by atoms with Gasteiger partial charge in [-0.2, -0.15) is 5.10 Å². The number of piperidine rings is 1. The van der Waals surface area contributed by atoms with Crippen LogP contribution < -0.4 is 10.1 Å². The molecular formula is C22H30N4O3. The molecule has 1 aromatic heterocycles. The summed E-state index contributed by atoms with van der Waals surface area (Å²) >= 11 is 0. The Morgan fingerprint density at radius 2 is 1.79 bits per heavy atom. The molecule has 1 N–H and O–H groups in total. The number of carbonyl (C=O) groups is 2. The maximum Gasteiger partial charge on any atom is 0.263 e. The minimum atomic E-state index is -0.528. The van der Waals surface area contributed by atoms with Crippen molar-refractivity contribution in [2.45, 2.75) is 52.7 Å². The number of likely N-dealkylation sites (tertiary alicyclic amines) is 1. The van der Waals surface area contributed by atoms with Crippen molar-refractivity contribution in [1.82, 2.24) is 14.7 Å². The van der Waals surface area contributed by atoms with Gasteiger partial charge < -0.3 is 15.0 Å². The lowest BCUT2D eigenvalue weighted by molar-refractivity contribution is -0.139. The number of hydrogen-bond donors (Lipinski definition) is 1. The average molecular weight is 399 g/mol. The molecule has 1 aromatic carbocycles. The Morgan fingerprint density at radius 3 is 2.41 bits per heavy atom. The van der Waals surface area contributed by atoms with E-state index in [1.165, 1.54) is 0 Å². The summed E-state index contributed by atoms with van der Waals surface area (Å²) in [6.07, 6.45) is 2.74. The highest BCUT2D eigenvalue weighted by Crippen LogP contribution is 2.27. The van der Waals surface area contributed by atoms with Gasteiger partial charge in [-0.25, -0.2) is 4.68 Å². The maximum absolute atomic E-state index is 12.7. The fourth-order valence-electron chi connectivity index (χ4n) is 3.35. The highest BCUT2D eigenvalue weighted by molar-refractivity contribution is 5.93. The smallest absolute Gasteiger partial charge is 0.263 e. The molecule has 7 heteroatoms. The van der Waals surface area contributed by atoms with Gasteiger partial charge in [0.05, 0.1) is 12.2 Å². The molecule has 0 spiro atoms. The first kappa shape index (κ1) is 20.9. The molecule has 0 unspecified atom stereocenters. The lowest BCUT2D eigenvalue weighted by Crippen LogP contribution is -2.45. The number of nitrogens with one attached hydrogen (secondary N) is 1. The van der Waals surface area contributed by atoms with Gasteiger partial charge >= 0.3 is 0 Å². The number of benzene rings is 1. The monoisotopic (exact) mass is 398 g/mol. The third-order valence-electron chi connectivity index (χ3n) is 5.12. The van der Waals surface area contributed by atoms with E-state index in [0.29, 0.717) is 24.7 Å². The normalized spacial score (nSPS) is 16.3. The van der Waals surface area contributed by atoms with Crippen LogP contribution in [-0.2, 0) is 9.59 Å². The summed E-state index contributed by atoms with van der Waals surface area (Å²) in [5.41, 5.74) is -0.472. The maximum atomic E-state index is 12.7. The van der Waals surface area contributed by atoms with Crippen LogP contribution in [0.25, 0.3) is 0 Å². The Balaban J connectivity index is 1.56. The fraction of sp³-hybridized carbons (Fsp3) is 0.500. The number of carbonyl (C=O) groups excluding carboxylic acids is 2. The van der Waals surface area contributed by atoms with Crippen molar-refractivity contribution < 1.29 is 14.3 Å². The van der Waals surface area contributed by atoms with Crippen LogP contribution in [0.3, 0.4) is 0 Å². The van der Waals surface area contributed by atoms with Gasteiger partial charge in [-0.15, -0.1) is 0 Å². The number of rotatable bonds is 5. The molecule has 0 radical (unpaired) electrons. The number of ether oxygens (including phenoxy) is 1. The third-order valence-corrected chi connectivity index (χ3v) is 5.12. The van der Waals surface area contributed by atoms with Crippen LogP contribution >= 0.6 is 0 Å². The van der Waals surface area contributed by atoms with E-state index in [9.17, 15) is 9.59 Å². The van der Waals surface area contributed by atoms with Gasteiger partial charge in [0.15, 0.2) is 6.10 Å². The quantitative estimate of drug-likeness (QED) is 0.836. The van der Waals surface area contributed by atoms with Crippen molar-refractivity contribution >= 4 is 17.6 Å². The number of anilines is 1. The van der Waals surface area contributed by atoms with Crippen molar-refractivity contribution in [3.8, 4) is 5.75 Å². The summed E-state index contributed by atoms with van der Waals surface area (Å²) in [5, 5.41) is 7.38. The van der Waals surface area contributed by atoms with Crippen molar-refractivity contribution in [1.29, 1.82) is 0 Å². The molecular weight excluding hydrogens is 368 g/mol. The van der Waals surface area contributed by atoms with Crippen LogP contribution in [0.2, 0.25) is 0 Å². The van der Waals surface area contributed by atoms with E-state index in [-0.39, 0.29) is 17.9 Å². The van der Waals surface area contributed by atoms with E-state index < -0.39 is 11.5 Å². The third kappa shape index (κ3) is 5.16. The van der Waals surface area contributed by atoms with Crippen molar-refractivity contribution in [2.24, 2.45) is 5.41 Å². The summed E-state index contributed by atoms with van der Waals surface area (Å²) in [6.45, 7) is 8.70. The van der Waals surface area contributed by atoms with E-state index in [1.807, 2.05) is 66.8 Å². The molecule has 3 rings (SSSR count). The Bertz CT molecular complexity index is 833. The molecule has 1 fully saturated rings. The van der Waals surface area contributed by atoms with E-state index in [1.54, 1.807) is 13.1 Å². The van der Waals surface area contributed by atoms with Crippen LogP contribution in [-0.4, -0.2) is 45.7 Å². The molecule has 1 aliphatic rings. The second-order valence-electron chi connectivity index (χ2n) is 8.49. The predicted molar refractivity (Wildman–Crippen MR) is 112 cm³/mol. The zero-order valence-electron chi connectivity index (χ0n) is 17.6. The van der Waals surface area contributed by atoms with Gasteiger partial charge in [0.1, 0.15) is 11.6 Å². The molecule has 1 saturated heterocycles. The predicted octanol–water partition coefficient (Wildman–Crippen LogP) is 3.50. The van der Waals surface area contributed by atoms with Gasteiger partial charge in [0, 0.05) is 24.6 Å². The molecule has 2 aromatic rings. The minimum Gasteiger partial charge on any atom is -0.481 e. The topological polar surface area (TPSA) is 76.5 Å². The molecule has 29 heavy (non-hydrogen) atoms. The largest absolute Gasteiger partial charge is 0.481 e. The Kier molecular flexibility index (Phi) is 6.25. The molecule has 0 bridgehead atoms. The Labute approximate surface area is 172 Å². The van der Waals surface area contributed by atoms with Crippen molar-refractivity contribution in [3.63, 3.8) is 0 Å². The zero-order chi connectivity index (χ0) is 21.0. The lowest BCUT2D eigenvalue weighted by Gasteiger charge is -2.34. The Morgan fingerprint density at radius 1 is 1.14 bits per heavy atom. The number of nitrogens with zero attached hydrogens (tertiary/aromatic N) is 3. The standard InChI is InChI=1S/C22H30N4O3/c1-16(29-18-8-6-5-7-9-18)20(27)25-14-11-17(12-15-25)26-19(10-13-23-26)24-21(28)22(2,3)4/h5-10,13,16-17H,11-12,14-15H2,1-4H3,(H,24,28)/t16-/m0/s1. The van der Waals surface area contributed by atoms with Gasteiger partial charge in [-0.1, -0.05) is 39.0 Å². The molecule has 0 aliphatic carbocycles. The van der Waals surface area contributed by atoms with E-state index in [4.69, 9.17) is 4.74 Å². The van der Waals surface area contributed by atoms with Crippen LogP contribution in [0.15, 0.2) is 42.6 Å². The molecule has 2 heterocycles. The summed E-state index contributed by atoms with van der Waals surface area (Å²) < 4.78 is 7.64. The molecule has 1 atom stereocenters. The van der Waals surface area contributed by atoms with Crippen LogP contribution in [0.4, 0.5) is 5.82 Å². The van der Waals surface area contributed by atoms with E-state index in [0.717, 1.165) is 12.8 Å². The molecule has 0 saturated carbocycles. The summed E-state index contributed by atoms with van der Waals surface area (Å²) in [6, 6.07) is 11.3. The number of amides is 2. The average Bonchev–Trinajstić information content (AvgIpc) is 3.15. The van der Waals surface area contributed by atoms with Crippen LogP contribution in [0.5, 0.6) is 5.75 Å². The van der Waals surface area contributed by atoms with Crippen LogP contribution in [0, 0.1) is 5.41 Å². The summed E-state index contributed by atoms with van der Waals surface area (Å²) in [7, 11) is 0. The first-order chi connectivity index (χ1) is 13.8. The van der Waals surface area contributed by atoms with Gasteiger partial charge in [0.25, 0.3) is 5.91 Å². The van der Waals surface area contributed by atoms with E-state index in [2.05, 4.69) is 10.4 Å². The summed E-state index contributed by atoms with van der Waals surface area (Å²) in [5.74, 6) is 1.35. The zero-order valence-corrected chi connectivity index (χ0v) is 17.6. The van der Waals surface area contributed by atoms with E-state index >= 15 is 0 Å². The molecule has 156 valence electrons. The van der Waals surface area contributed by atoms with Crippen LogP contribution in [0.1, 0.15) is 46.6 Å². The van der Waals surface area contributed by atoms with Gasteiger partial charge in [0.2, 0.25) is 5.91 Å². The highest BCUT2D eigenvalue weighted by Gasteiger charge is 2.29. The SMILES string of the molecule is C[C@H](Oc1ccccc1)C(=O)N1CCC(n2nccc2NC(=O)C(C)(C)C)CC1. The fourth-order valence-corrected chi connectivity index (χ4v) is 3.35. The van der Waals surface area contributed by atoms with Gasteiger partial charge in [-0.05, 0) is 31.9 Å². The Hall–Kier alpha value is -2.83. The molecule has 2 amide bonds. The first-order valence-corrected chi connectivity index (χ1v) is 10.1. The lowest BCUT2D eigenvalue weighted by atomic mass is 9.96. The second-order valence-corrected chi connectivity index (χ2v) is 8.49. The van der Waals surface area contributed by atoms with Crippen molar-refractivity contribution in [3.05, 3.63) is 42.6 Å². The second kappa shape index (κ2) is 8.68. The first-order valence-electron chi connectivity index (χ1n) is 10.1. The highest BCUT2D eigenvalue weighted by atomic mass is 16.5. The number of para-hydroxylation sites is 1. The molecule has 1 aliphatic heterocycles. The molecule has 7 nitrogen and oxygen atoms in total. The summed E-state index contributed by atoms with van der Waals surface area (Å²) in [4.78, 5) is 26.9. The number of hydrogen-bond acceptors (Lipinski definition) is 4. The van der Waals surface area contributed by atoms with Crippen molar-refractivity contribution in [2.75, 3.05) is 18.4 Å².